The standard InChI is InChI=1S/C15H15O3Si/c1-16-14-12(10-11-6-4-3-5-7-11)8-9-13(18-19)15(14)17-2/h3-9H,10H2,1-2H3. The third-order valence-electron chi connectivity index (χ3n) is 2.91. The van der Waals surface area contributed by atoms with E-state index in [0.717, 1.165) is 12.0 Å². The fourth-order valence-electron chi connectivity index (χ4n) is 2.04. The zero-order valence-electron chi connectivity index (χ0n) is 11.0. The van der Waals surface area contributed by atoms with Crippen LogP contribution in [-0.2, 0) is 6.42 Å². The van der Waals surface area contributed by atoms with Crippen LogP contribution in [0.25, 0.3) is 0 Å². The molecule has 3 radical (unpaired) electrons. The smallest absolute Gasteiger partial charge is 0.341 e. The molecule has 0 saturated carbocycles. The minimum Gasteiger partial charge on any atom is -0.538 e. The Bertz CT molecular complexity index is 541. The molecule has 2 aromatic rings. The molecule has 0 heterocycles. The van der Waals surface area contributed by atoms with Gasteiger partial charge in [0, 0.05) is 12.0 Å². The molecule has 0 aliphatic carbocycles. The first-order chi connectivity index (χ1) is 9.30. The normalized spacial score (nSPS) is 10.1. The Balaban J connectivity index is 2.40. The zero-order chi connectivity index (χ0) is 13.7. The van der Waals surface area contributed by atoms with E-state index < -0.39 is 0 Å². The lowest BCUT2D eigenvalue weighted by atomic mass is 10.0. The second-order valence-electron chi connectivity index (χ2n) is 4.05. The Morgan fingerprint density at radius 1 is 0.895 bits per heavy atom. The number of rotatable bonds is 5. The number of benzene rings is 2. The molecule has 2 rings (SSSR count). The van der Waals surface area contributed by atoms with Gasteiger partial charge in [-0.1, -0.05) is 36.4 Å². The van der Waals surface area contributed by atoms with Crippen LogP contribution in [0.2, 0.25) is 0 Å². The van der Waals surface area contributed by atoms with E-state index in [0.29, 0.717) is 17.2 Å². The van der Waals surface area contributed by atoms with Gasteiger partial charge in [0.15, 0.2) is 5.75 Å². The molecule has 3 nitrogen and oxygen atoms in total. The van der Waals surface area contributed by atoms with Gasteiger partial charge in [0.05, 0.1) is 14.2 Å². The summed E-state index contributed by atoms with van der Waals surface area (Å²) in [7, 11) is 6.24. The number of ether oxygens (including phenoxy) is 2. The molecule has 0 bridgehead atoms. The summed E-state index contributed by atoms with van der Waals surface area (Å²) in [4.78, 5) is 0. The van der Waals surface area contributed by atoms with Crippen molar-refractivity contribution in [3.63, 3.8) is 0 Å². The summed E-state index contributed by atoms with van der Waals surface area (Å²) in [5.74, 6) is 1.88. The minimum absolute atomic E-state index is 0.589. The van der Waals surface area contributed by atoms with Crippen molar-refractivity contribution >= 4 is 10.5 Å². The molecule has 0 saturated heterocycles. The first-order valence-corrected chi connectivity index (χ1v) is 6.32. The van der Waals surface area contributed by atoms with Crippen LogP contribution in [0.4, 0.5) is 0 Å². The van der Waals surface area contributed by atoms with E-state index in [2.05, 4.69) is 22.6 Å². The van der Waals surface area contributed by atoms with Gasteiger partial charge < -0.3 is 13.9 Å². The minimum atomic E-state index is 0.589. The van der Waals surface area contributed by atoms with Crippen LogP contribution >= 0.6 is 0 Å². The highest BCUT2D eigenvalue weighted by atomic mass is 28.2. The van der Waals surface area contributed by atoms with Crippen molar-refractivity contribution in [3.05, 3.63) is 53.6 Å². The van der Waals surface area contributed by atoms with Gasteiger partial charge in [-0.3, -0.25) is 0 Å². The molecule has 0 amide bonds. The summed E-state index contributed by atoms with van der Waals surface area (Å²) in [5.41, 5.74) is 2.27. The van der Waals surface area contributed by atoms with E-state index in [1.807, 2.05) is 30.3 Å². The van der Waals surface area contributed by atoms with Gasteiger partial charge in [0.1, 0.15) is 5.75 Å². The number of hydrogen-bond acceptors (Lipinski definition) is 3. The second kappa shape index (κ2) is 6.29. The molecular weight excluding hydrogens is 256 g/mol. The Morgan fingerprint density at radius 3 is 2.16 bits per heavy atom. The Morgan fingerprint density at radius 2 is 1.58 bits per heavy atom. The van der Waals surface area contributed by atoms with Crippen LogP contribution in [0.15, 0.2) is 42.5 Å². The average molecular weight is 271 g/mol. The molecule has 0 aliphatic rings. The molecule has 97 valence electrons. The van der Waals surface area contributed by atoms with Gasteiger partial charge in [0.25, 0.3) is 0 Å². The molecular formula is C15H15O3Si. The molecule has 0 spiro atoms. The molecule has 19 heavy (non-hydrogen) atoms. The summed E-state index contributed by atoms with van der Waals surface area (Å²) >= 11 is 0. The highest BCUT2D eigenvalue weighted by Crippen LogP contribution is 2.40. The fourth-order valence-corrected chi connectivity index (χ4v) is 2.20. The van der Waals surface area contributed by atoms with Gasteiger partial charge in [-0.05, 0) is 11.6 Å². The van der Waals surface area contributed by atoms with E-state index >= 15 is 0 Å². The monoisotopic (exact) mass is 271 g/mol. The fraction of sp³-hybridized carbons (Fsp3) is 0.200. The average Bonchev–Trinajstić information content (AvgIpc) is 2.47. The Labute approximate surface area is 116 Å². The molecule has 0 fully saturated rings. The maximum absolute atomic E-state index is 5.46. The van der Waals surface area contributed by atoms with Gasteiger partial charge in [0.2, 0.25) is 5.75 Å². The van der Waals surface area contributed by atoms with Crippen LogP contribution < -0.4 is 13.9 Å². The van der Waals surface area contributed by atoms with Crippen molar-refractivity contribution in [2.45, 2.75) is 6.42 Å². The van der Waals surface area contributed by atoms with E-state index in [1.165, 1.54) is 5.56 Å². The lowest BCUT2D eigenvalue weighted by molar-refractivity contribution is 0.342. The first kappa shape index (κ1) is 13.5. The van der Waals surface area contributed by atoms with Gasteiger partial charge in [-0.25, -0.2) is 0 Å². The molecule has 4 heteroatoms. The largest absolute Gasteiger partial charge is 0.538 e. The third kappa shape index (κ3) is 2.90. The SMILES string of the molecule is COc1c(Cc2ccccc2)ccc(O[Si])c1OC. The second-order valence-corrected chi connectivity index (χ2v) is 4.26. The van der Waals surface area contributed by atoms with Crippen molar-refractivity contribution in [3.8, 4) is 17.2 Å². The van der Waals surface area contributed by atoms with Gasteiger partial charge in [-0.15, -0.1) is 0 Å². The van der Waals surface area contributed by atoms with Crippen molar-refractivity contribution in [1.82, 2.24) is 0 Å². The maximum Gasteiger partial charge on any atom is 0.341 e. The van der Waals surface area contributed by atoms with Crippen molar-refractivity contribution in [2.24, 2.45) is 0 Å². The Kier molecular flexibility index (Phi) is 4.47. The van der Waals surface area contributed by atoms with E-state index in [4.69, 9.17) is 13.9 Å². The quantitative estimate of drug-likeness (QED) is 0.783. The maximum atomic E-state index is 5.46. The summed E-state index contributed by atoms with van der Waals surface area (Å²) in [5, 5.41) is 0. The van der Waals surface area contributed by atoms with Crippen LogP contribution in [0, 0.1) is 0 Å². The van der Waals surface area contributed by atoms with Crippen LogP contribution in [-0.4, -0.2) is 24.7 Å². The van der Waals surface area contributed by atoms with Crippen LogP contribution in [0.1, 0.15) is 11.1 Å². The molecule has 0 aliphatic heterocycles. The van der Waals surface area contributed by atoms with Crippen molar-refractivity contribution < 1.29 is 13.9 Å². The van der Waals surface area contributed by atoms with Gasteiger partial charge >= 0.3 is 10.5 Å². The molecule has 0 unspecified atom stereocenters. The highest BCUT2D eigenvalue weighted by molar-refractivity contribution is 6.00. The van der Waals surface area contributed by atoms with Crippen molar-refractivity contribution in [2.75, 3.05) is 14.2 Å². The lowest BCUT2D eigenvalue weighted by Crippen LogP contribution is -2.00. The predicted octanol–water partition coefficient (Wildman–Crippen LogP) is 2.76. The summed E-state index contributed by atoms with van der Waals surface area (Å²) in [6.45, 7) is 0. The summed E-state index contributed by atoms with van der Waals surface area (Å²) < 4.78 is 15.9. The first-order valence-electron chi connectivity index (χ1n) is 5.91. The van der Waals surface area contributed by atoms with Crippen LogP contribution in [0.5, 0.6) is 17.2 Å². The Hall–Kier alpha value is -1.94. The summed E-state index contributed by atoms with van der Waals surface area (Å²) in [6, 6.07) is 14.0. The number of hydrogen-bond donors (Lipinski definition) is 0. The third-order valence-corrected chi connectivity index (χ3v) is 3.13. The number of methoxy groups -OCH3 is 2. The summed E-state index contributed by atoms with van der Waals surface area (Å²) in [6.07, 6.45) is 0.780. The predicted molar refractivity (Wildman–Crippen MR) is 75.2 cm³/mol. The zero-order valence-corrected chi connectivity index (χ0v) is 12.0. The van der Waals surface area contributed by atoms with Gasteiger partial charge in [-0.2, -0.15) is 0 Å². The lowest BCUT2D eigenvalue weighted by Gasteiger charge is -2.15. The molecule has 0 aromatic heterocycles. The highest BCUT2D eigenvalue weighted by Gasteiger charge is 2.15. The topological polar surface area (TPSA) is 27.7 Å². The molecule has 0 N–H and O–H groups in total. The van der Waals surface area contributed by atoms with E-state index in [-0.39, 0.29) is 0 Å². The van der Waals surface area contributed by atoms with Crippen molar-refractivity contribution in [1.29, 1.82) is 0 Å². The van der Waals surface area contributed by atoms with Crippen LogP contribution in [0.3, 0.4) is 0 Å². The van der Waals surface area contributed by atoms with E-state index in [9.17, 15) is 0 Å². The van der Waals surface area contributed by atoms with E-state index in [1.54, 1.807) is 14.2 Å². The molecule has 2 aromatic carbocycles. The molecule has 0 atom stereocenters.